The topological polar surface area (TPSA) is 0 Å². The van der Waals surface area contributed by atoms with E-state index in [0.717, 1.165) is 5.92 Å². The summed E-state index contributed by atoms with van der Waals surface area (Å²) in [7, 11) is 0. The van der Waals surface area contributed by atoms with Gasteiger partial charge in [-0.05, 0) is 24.0 Å². The van der Waals surface area contributed by atoms with Crippen LogP contribution in [0.5, 0.6) is 0 Å². The molecule has 1 aromatic carbocycles. The summed E-state index contributed by atoms with van der Waals surface area (Å²) in [5, 5.41) is 0. The van der Waals surface area contributed by atoms with Crippen molar-refractivity contribution in [2.45, 2.75) is 162 Å². The van der Waals surface area contributed by atoms with E-state index in [-0.39, 0.29) is 0 Å². The second-order valence-electron chi connectivity index (χ2n) is 10.4. The summed E-state index contributed by atoms with van der Waals surface area (Å²) in [4.78, 5) is 0. The fourth-order valence-electron chi connectivity index (χ4n) is 5.08. The molecule has 0 bridgehead atoms. The Bertz CT molecular complexity index is 462. The SMILES string of the molecule is CCCCCCCCCCCCCC(CCCCCCCCCCC)Cc1cc[c]cc1. The molecule has 0 aliphatic heterocycles. The second kappa shape index (κ2) is 23.4. The number of hydrogen-bond donors (Lipinski definition) is 0. The van der Waals surface area contributed by atoms with E-state index in [9.17, 15) is 0 Å². The summed E-state index contributed by atoms with van der Waals surface area (Å²) in [6.07, 6.45) is 33.1. The minimum atomic E-state index is 0.889. The highest BCUT2D eigenvalue weighted by molar-refractivity contribution is 5.14. The lowest BCUT2D eigenvalue weighted by Crippen LogP contribution is -2.05. The summed E-state index contributed by atoms with van der Waals surface area (Å²) < 4.78 is 0. The predicted molar refractivity (Wildman–Crippen MR) is 145 cm³/mol. The maximum Gasteiger partial charge on any atom is -0.0184 e. The number of unbranched alkanes of at least 4 members (excludes halogenated alkanes) is 18. The van der Waals surface area contributed by atoms with Gasteiger partial charge in [-0.3, -0.25) is 0 Å². The molecule has 0 aliphatic rings. The molecule has 0 aromatic heterocycles. The Morgan fingerprint density at radius 2 is 0.844 bits per heavy atom. The largest absolute Gasteiger partial charge is 0.0654 e. The highest BCUT2D eigenvalue weighted by Gasteiger charge is 2.10. The van der Waals surface area contributed by atoms with E-state index >= 15 is 0 Å². The second-order valence-corrected chi connectivity index (χ2v) is 10.4. The monoisotopic (exact) mass is 441 g/mol. The zero-order valence-corrected chi connectivity index (χ0v) is 22.2. The molecule has 1 unspecified atom stereocenters. The molecular formula is C32H57. The molecule has 0 saturated heterocycles. The molecule has 0 heterocycles. The van der Waals surface area contributed by atoms with Gasteiger partial charge in [0.25, 0.3) is 0 Å². The molecule has 0 saturated carbocycles. The van der Waals surface area contributed by atoms with Gasteiger partial charge in [-0.2, -0.15) is 0 Å². The molecule has 0 N–H and O–H groups in total. The first-order valence-electron chi connectivity index (χ1n) is 14.8. The zero-order valence-electron chi connectivity index (χ0n) is 22.2. The van der Waals surface area contributed by atoms with Gasteiger partial charge in [0, 0.05) is 0 Å². The fourth-order valence-corrected chi connectivity index (χ4v) is 5.08. The molecule has 32 heavy (non-hydrogen) atoms. The molecule has 1 aromatic rings. The van der Waals surface area contributed by atoms with Crippen molar-refractivity contribution in [1.82, 2.24) is 0 Å². The van der Waals surface area contributed by atoms with Crippen LogP contribution in [0, 0.1) is 12.0 Å². The first kappa shape index (κ1) is 29.3. The summed E-state index contributed by atoms with van der Waals surface area (Å²) >= 11 is 0. The highest BCUT2D eigenvalue weighted by atomic mass is 14.2. The van der Waals surface area contributed by atoms with Gasteiger partial charge in [0.2, 0.25) is 0 Å². The van der Waals surface area contributed by atoms with Crippen LogP contribution in [0.25, 0.3) is 0 Å². The Kier molecular flexibility index (Phi) is 21.4. The van der Waals surface area contributed by atoms with Gasteiger partial charge < -0.3 is 0 Å². The lowest BCUT2D eigenvalue weighted by molar-refractivity contribution is 0.399. The maximum atomic E-state index is 3.18. The van der Waals surface area contributed by atoms with Crippen molar-refractivity contribution >= 4 is 0 Å². The van der Waals surface area contributed by atoms with E-state index in [2.05, 4.69) is 44.2 Å². The Morgan fingerprint density at radius 3 is 1.22 bits per heavy atom. The van der Waals surface area contributed by atoms with Crippen LogP contribution in [-0.4, -0.2) is 0 Å². The van der Waals surface area contributed by atoms with Crippen molar-refractivity contribution in [2.24, 2.45) is 5.92 Å². The van der Waals surface area contributed by atoms with Gasteiger partial charge in [0.15, 0.2) is 0 Å². The van der Waals surface area contributed by atoms with Crippen molar-refractivity contribution in [3.63, 3.8) is 0 Å². The van der Waals surface area contributed by atoms with Gasteiger partial charge in [-0.15, -0.1) is 0 Å². The van der Waals surface area contributed by atoms with Crippen LogP contribution in [0.4, 0.5) is 0 Å². The van der Waals surface area contributed by atoms with Gasteiger partial charge in [-0.25, -0.2) is 0 Å². The van der Waals surface area contributed by atoms with Gasteiger partial charge >= 0.3 is 0 Å². The smallest absolute Gasteiger partial charge is 0.0184 e. The van der Waals surface area contributed by atoms with Crippen LogP contribution in [-0.2, 0) is 6.42 Å². The van der Waals surface area contributed by atoms with E-state index in [0.29, 0.717) is 0 Å². The van der Waals surface area contributed by atoms with E-state index in [1.54, 1.807) is 0 Å². The molecular weight excluding hydrogens is 384 g/mol. The standard InChI is InChI=1S/C32H57/c1-3-5-7-9-11-13-14-16-18-20-23-27-31(30-32-28-24-21-25-29-32)26-22-19-17-15-12-10-8-6-4-2/h24-25,28-29,31H,3-20,22-23,26-27,30H2,1-2H3. The lowest BCUT2D eigenvalue weighted by Gasteiger charge is -2.17. The molecule has 0 amide bonds. The quantitative estimate of drug-likeness (QED) is 0.140. The molecule has 1 atom stereocenters. The number of rotatable bonds is 24. The van der Waals surface area contributed by atoms with Crippen molar-refractivity contribution < 1.29 is 0 Å². The van der Waals surface area contributed by atoms with Gasteiger partial charge in [-0.1, -0.05) is 179 Å². The van der Waals surface area contributed by atoms with Crippen LogP contribution in [0.2, 0.25) is 0 Å². The van der Waals surface area contributed by atoms with E-state index in [1.165, 1.54) is 153 Å². The normalized spacial score (nSPS) is 12.3. The lowest BCUT2D eigenvalue weighted by atomic mass is 9.88. The summed E-state index contributed by atoms with van der Waals surface area (Å²) in [6, 6.07) is 11.9. The van der Waals surface area contributed by atoms with Crippen molar-refractivity contribution in [3.8, 4) is 0 Å². The van der Waals surface area contributed by atoms with Crippen LogP contribution in [0.15, 0.2) is 24.3 Å². The predicted octanol–water partition coefficient (Wildman–Crippen LogP) is 11.3. The van der Waals surface area contributed by atoms with Crippen LogP contribution < -0.4 is 0 Å². The third-order valence-electron chi connectivity index (χ3n) is 7.24. The Balaban J connectivity index is 2.10. The minimum Gasteiger partial charge on any atom is -0.0654 e. The van der Waals surface area contributed by atoms with Crippen molar-refractivity contribution in [3.05, 3.63) is 35.9 Å². The number of benzene rings is 1. The first-order valence-corrected chi connectivity index (χ1v) is 14.8. The first-order chi connectivity index (χ1) is 15.9. The molecule has 0 nitrogen and oxygen atoms in total. The Hall–Kier alpha value is -0.780. The van der Waals surface area contributed by atoms with E-state index < -0.39 is 0 Å². The molecule has 1 rings (SSSR count). The third-order valence-corrected chi connectivity index (χ3v) is 7.24. The molecule has 0 heteroatoms. The average Bonchev–Trinajstić information content (AvgIpc) is 2.82. The average molecular weight is 442 g/mol. The van der Waals surface area contributed by atoms with E-state index in [1.807, 2.05) is 0 Å². The van der Waals surface area contributed by atoms with Crippen LogP contribution in [0.1, 0.15) is 161 Å². The maximum absolute atomic E-state index is 3.18. The Morgan fingerprint density at radius 1 is 0.500 bits per heavy atom. The summed E-state index contributed by atoms with van der Waals surface area (Å²) in [5.74, 6) is 0.889. The summed E-state index contributed by atoms with van der Waals surface area (Å²) in [6.45, 7) is 4.61. The molecule has 0 aliphatic carbocycles. The fraction of sp³-hybridized carbons (Fsp3) is 0.812. The van der Waals surface area contributed by atoms with E-state index in [4.69, 9.17) is 0 Å². The minimum absolute atomic E-state index is 0.889. The van der Waals surface area contributed by atoms with Gasteiger partial charge in [0.05, 0.1) is 0 Å². The highest BCUT2D eigenvalue weighted by Crippen LogP contribution is 2.23. The van der Waals surface area contributed by atoms with Crippen molar-refractivity contribution in [1.29, 1.82) is 0 Å². The molecule has 0 fully saturated rings. The number of hydrogen-bond acceptors (Lipinski definition) is 0. The Labute approximate surface area is 203 Å². The van der Waals surface area contributed by atoms with Crippen molar-refractivity contribution in [2.75, 3.05) is 0 Å². The zero-order chi connectivity index (χ0) is 23.0. The summed E-state index contributed by atoms with van der Waals surface area (Å²) in [5.41, 5.74) is 1.52. The van der Waals surface area contributed by atoms with Crippen LogP contribution in [0.3, 0.4) is 0 Å². The van der Waals surface area contributed by atoms with Gasteiger partial charge in [0.1, 0.15) is 0 Å². The van der Waals surface area contributed by atoms with Crippen LogP contribution >= 0.6 is 0 Å². The molecule has 185 valence electrons. The molecule has 0 spiro atoms. The molecule has 1 radical (unpaired) electrons. The third kappa shape index (κ3) is 18.8.